The van der Waals surface area contributed by atoms with Crippen molar-refractivity contribution in [3.8, 4) is 0 Å². The van der Waals surface area contributed by atoms with Crippen molar-refractivity contribution in [2.75, 3.05) is 12.3 Å². The SMILES string of the molecule is CCSc1ccc(CNC(=O)c2cc3c(s2)C(C(C)C)N(CC2CCC(C(F)(F)F)CC2)C3)cc1. The fourth-order valence-corrected chi connectivity index (χ4v) is 7.52. The van der Waals surface area contributed by atoms with Gasteiger partial charge in [0.2, 0.25) is 0 Å². The second kappa shape index (κ2) is 11.3. The van der Waals surface area contributed by atoms with Crippen molar-refractivity contribution in [3.05, 3.63) is 51.2 Å². The molecule has 1 saturated carbocycles. The van der Waals surface area contributed by atoms with Gasteiger partial charge in [-0.1, -0.05) is 32.9 Å². The number of fused-ring (bicyclic) bond motifs is 1. The van der Waals surface area contributed by atoms with Crippen LogP contribution in [-0.2, 0) is 13.1 Å². The van der Waals surface area contributed by atoms with Crippen LogP contribution in [0.1, 0.15) is 78.2 Å². The van der Waals surface area contributed by atoms with E-state index in [1.54, 1.807) is 23.1 Å². The smallest absolute Gasteiger partial charge is 0.347 e. The Hall–Kier alpha value is -1.51. The average Bonchev–Trinajstić information content (AvgIpc) is 3.36. The summed E-state index contributed by atoms with van der Waals surface area (Å²) in [6.45, 7) is 8.61. The third kappa shape index (κ3) is 6.44. The van der Waals surface area contributed by atoms with Crippen LogP contribution >= 0.6 is 23.1 Å². The van der Waals surface area contributed by atoms with Crippen LogP contribution < -0.4 is 5.32 Å². The third-order valence-electron chi connectivity index (χ3n) is 7.22. The van der Waals surface area contributed by atoms with Crippen LogP contribution in [0.3, 0.4) is 0 Å². The molecule has 192 valence electrons. The lowest BCUT2D eigenvalue weighted by molar-refractivity contribution is -0.184. The molecule has 1 N–H and O–H groups in total. The number of halogens is 3. The Labute approximate surface area is 214 Å². The number of amides is 1. The number of hydrogen-bond acceptors (Lipinski definition) is 4. The number of hydrogen-bond donors (Lipinski definition) is 1. The maximum absolute atomic E-state index is 13.0. The van der Waals surface area contributed by atoms with Gasteiger partial charge in [-0.2, -0.15) is 13.2 Å². The predicted molar refractivity (Wildman–Crippen MR) is 138 cm³/mol. The summed E-state index contributed by atoms with van der Waals surface area (Å²) in [6.07, 6.45) is -2.27. The van der Waals surface area contributed by atoms with Gasteiger partial charge < -0.3 is 5.32 Å². The van der Waals surface area contributed by atoms with Crippen LogP contribution in [0.4, 0.5) is 13.2 Å². The first-order chi connectivity index (χ1) is 16.7. The molecular formula is C27H35F3N2OS2. The molecule has 3 nitrogen and oxygen atoms in total. The number of nitrogens with one attached hydrogen (secondary N) is 1. The number of nitrogens with zero attached hydrogens (tertiary/aromatic N) is 1. The van der Waals surface area contributed by atoms with Gasteiger partial charge >= 0.3 is 6.18 Å². The van der Waals surface area contributed by atoms with Crippen LogP contribution in [0.5, 0.6) is 0 Å². The first kappa shape index (κ1) is 26.6. The summed E-state index contributed by atoms with van der Waals surface area (Å²) in [4.78, 5) is 18.5. The van der Waals surface area contributed by atoms with Crippen LogP contribution in [-0.4, -0.2) is 29.3 Å². The number of rotatable bonds is 8. The zero-order valence-corrected chi connectivity index (χ0v) is 22.3. The Morgan fingerprint density at radius 2 is 1.86 bits per heavy atom. The lowest BCUT2D eigenvalue weighted by Gasteiger charge is -2.35. The van der Waals surface area contributed by atoms with Gasteiger partial charge in [0, 0.05) is 35.4 Å². The number of carbonyl (C=O) groups is 1. The van der Waals surface area contributed by atoms with Crippen molar-refractivity contribution >= 4 is 29.0 Å². The standard InChI is InChI=1S/C27H35F3N2OS2/c1-4-34-22-11-7-18(8-12-22)14-31-26(33)23-13-20-16-32(24(17(2)3)25(20)35-23)15-19-5-9-21(10-6-19)27(28,29)30/h7-8,11-13,17,19,21,24H,4-6,9-10,14-16H2,1-3H3,(H,31,33). The highest BCUT2D eigenvalue weighted by molar-refractivity contribution is 7.99. The summed E-state index contributed by atoms with van der Waals surface area (Å²) in [5.41, 5.74) is 2.28. The van der Waals surface area contributed by atoms with E-state index in [1.165, 1.54) is 15.3 Å². The fourth-order valence-electron chi connectivity index (χ4n) is 5.46. The zero-order chi connectivity index (χ0) is 25.2. The average molecular weight is 525 g/mol. The van der Waals surface area contributed by atoms with E-state index in [0.29, 0.717) is 31.2 Å². The maximum atomic E-state index is 13.0. The van der Waals surface area contributed by atoms with Crippen LogP contribution in [0.2, 0.25) is 0 Å². The largest absolute Gasteiger partial charge is 0.391 e. The van der Waals surface area contributed by atoms with E-state index in [4.69, 9.17) is 0 Å². The van der Waals surface area contributed by atoms with Gasteiger partial charge in [0.1, 0.15) is 0 Å². The minimum Gasteiger partial charge on any atom is -0.347 e. The van der Waals surface area contributed by atoms with Gasteiger partial charge in [0.15, 0.2) is 0 Å². The molecule has 1 amide bonds. The van der Waals surface area contributed by atoms with Crippen molar-refractivity contribution in [2.45, 2.75) is 76.7 Å². The fraction of sp³-hybridized carbons (Fsp3) is 0.593. The first-order valence-corrected chi connectivity index (χ1v) is 14.4. The molecule has 1 atom stereocenters. The first-order valence-electron chi connectivity index (χ1n) is 12.6. The van der Waals surface area contributed by atoms with Gasteiger partial charge in [0.05, 0.1) is 10.8 Å². The molecule has 1 unspecified atom stereocenters. The van der Waals surface area contributed by atoms with Gasteiger partial charge in [-0.25, -0.2) is 0 Å². The molecule has 2 aliphatic rings. The van der Waals surface area contributed by atoms with E-state index < -0.39 is 12.1 Å². The summed E-state index contributed by atoms with van der Waals surface area (Å²) in [7, 11) is 0. The maximum Gasteiger partial charge on any atom is 0.391 e. The Kier molecular flexibility index (Phi) is 8.54. The Bertz CT molecular complexity index is 995. The summed E-state index contributed by atoms with van der Waals surface area (Å²) in [5, 5.41) is 3.05. The van der Waals surface area contributed by atoms with E-state index in [-0.39, 0.29) is 24.8 Å². The number of thiophene rings is 1. The Balaban J connectivity index is 1.34. The molecule has 1 aliphatic carbocycles. The van der Waals surface area contributed by atoms with E-state index in [9.17, 15) is 18.0 Å². The zero-order valence-electron chi connectivity index (χ0n) is 20.7. The highest BCUT2D eigenvalue weighted by atomic mass is 32.2. The minimum atomic E-state index is -4.06. The number of benzene rings is 1. The molecule has 2 aromatic rings. The second-order valence-electron chi connectivity index (χ2n) is 10.1. The van der Waals surface area contributed by atoms with Gasteiger partial charge in [-0.3, -0.25) is 9.69 Å². The topological polar surface area (TPSA) is 32.3 Å². The van der Waals surface area contributed by atoms with Gasteiger partial charge in [0.25, 0.3) is 5.91 Å². The molecule has 1 aromatic carbocycles. The van der Waals surface area contributed by atoms with Crippen molar-refractivity contribution in [3.63, 3.8) is 0 Å². The van der Waals surface area contributed by atoms with Gasteiger partial charge in [-0.05, 0) is 72.6 Å². The normalized spacial score (nSPS) is 23.0. The van der Waals surface area contributed by atoms with E-state index >= 15 is 0 Å². The molecule has 4 rings (SSSR count). The molecule has 0 saturated heterocycles. The van der Waals surface area contributed by atoms with Crippen molar-refractivity contribution in [1.82, 2.24) is 10.2 Å². The summed E-state index contributed by atoms with van der Waals surface area (Å²) < 4.78 is 39.1. The number of thioether (sulfide) groups is 1. The van der Waals surface area contributed by atoms with Crippen LogP contribution in [0.15, 0.2) is 35.2 Å². The monoisotopic (exact) mass is 524 g/mol. The molecule has 1 aliphatic heterocycles. The van der Waals surface area contributed by atoms with Crippen molar-refractivity contribution < 1.29 is 18.0 Å². The highest BCUT2D eigenvalue weighted by Gasteiger charge is 2.42. The molecule has 2 heterocycles. The molecule has 0 bridgehead atoms. The van der Waals surface area contributed by atoms with E-state index in [0.717, 1.165) is 29.3 Å². The summed E-state index contributed by atoms with van der Waals surface area (Å²) >= 11 is 3.37. The van der Waals surface area contributed by atoms with Gasteiger partial charge in [-0.15, -0.1) is 23.1 Å². The van der Waals surface area contributed by atoms with Crippen molar-refractivity contribution in [2.24, 2.45) is 17.8 Å². The molecular weight excluding hydrogens is 489 g/mol. The Morgan fingerprint density at radius 3 is 2.46 bits per heavy atom. The lowest BCUT2D eigenvalue weighted by atomic mass is 9.81. The predicted octanol–water partition coefficient (Wildman–Crippen LogP) is 7.67. The molecule has 1 aromatic heterocycles. The third-order valence-corrected chi connectivity index (χ3v) is 9.36. The molecule has 8 heteroatoms. The lowest BCUT2D eigenvalue weighted by Crippen LogP contribution is -2.35. The van der Waals surface area contributed by atoms with Crippen molar-refractivity contribution in [1.29, 1.82) is 0 Å². The summed E-state index contributed by atoms with van der Waals surface area (Å²) in [6, 6.07) is 10.5. The quantitative estimate of drug-likeness (QED) is 0.360. The number of alkyl halides is 3. The summed E-state index contributed by atoms with van der Waals surface area (Å²) in [5.74, 6) is 0.545. The van der Waals surface area contributed by atoms with E-state index in [1.807, 2.05) is 6.07 Å². The minimum absolute atomic E-state index is 0.0454. The molecule has 1 fully saturated rings. The molecule has 0 spiro atoms. The van der Waals surface area contributed by atoms with E-state index in [2.05, 4.69) is 55.3 Å². The van der Waals surface area contributed by atoms with Crippen LogP contribution in [0, 0.1) is 17.8 Å². The Morgan fingerprint density at radius 1 is 1.17 bits per heavy atom. The highest BCUT2D eigenvalue weighted by Crippen LogP contribution is 2.46. The molecule has 35 heavy (non-hydrogen) atoms. The van der Waals surface area contributed by atoms with Crippen LogP contribution in [0.25, 0.3) is 0 Å². The second-order valence-corrected chi connectivity index (χ2v) is 12.6. The molecule has 0 radical (unpaired) electrons. The number of carbonyl (C=O) groups excluding carboxylic acids is 1.